The number of nitrogens with zero attached hydrogens (tertiary/aromatic N) is 1. The Labute approximate surface area is 172 Å². The van der Waals surface area contributed by atoms with Crippen molar-refractivity contribution in [2.75, 3.05) is 0 Å². The van der Waals surface area contributed by atoms with Crippen LogP contribution in [0.2, 0.25) is 0 Å². The van der Waals surface area contributed by atoms with E-state index in [2.05, 4.69) is 85.4 Å². The zero-order valence-corrected chi connectivity index (χ0v) is 18.5. The molecule has 0 unspecified atom stereocenters. The molecular formula is C23H18NU+. The van der Waals surface area contributed by atoms with E-state index in [1.807, 2.05) is 18.2 Å². The fourth-order valence-electron chi connectivity index (χ4n) is 3.18. The van der Waals surface area contributed by atoms with Crippen LogP contribution in [0.5, 0.6) is 0 Å². The summed E-state index contributed by atoms with van der Waals surface area (Å²) < 4.78 is 2.13. The van der Waals surface area contributed by atoms with Gasteiger partial charge in [0.25, 0.3) is 0 Å². The second-order valence-electron chi connectivity index (χ2n) is 6.05. The Bertz CT molecular complexity index is 1020. The molecule has 0 fully saturated rings. The maximum Gasteiger partial charge on any atom is 2.00 e. The quantitative estimate of drug-likeness (QED) is 0.249. The topological polar surface area (TPSA) is 3.88 Å². The van der Waals surface area contributed by atoms with Crippen LogP contribution in [0.3, 0.4) is 0 Å². The van der Waals surface area contributed by atoms with Gasteiger partial charge in [-0.2, -0.15) is 24.3 Å². The molecule has 0 atom stereocenters. The Hall–Kier alpha value is -1.88. The van der Waals surface area contributed by atoms with Crippen LogP contribution in [0, 0.1) is 50.2 Å². The predicted molar refractivity (Wildman–Crippen MR) is 98.4 cm³/mol. The van der Waals surface area contributed by atoms with Gasteiger partial charge in [0.2, 0.25) is 0 Å². The molecule has 0 spiro atoms. The van der Waals surface area contributed by atoms with Gasteiger partial charge < -0.3 is 0 Å². The molecule has 25 heavy (non-hydrogen) atoms. The van der Waals surface area contributed by atoms with Crippen LogP contribution in [-0.4, -0.2) is 0 Å². The van der Waals surface area contributed by atoms with E-state index >= 15 is 0 Å². The van der Waals surface area contributed by atoms with Crippen molar-refractivity contribution in [2.45, 2.75) is 6.92 Å². The average molecular weight is 546 g/mol. The number of benzene rings is 3. The molecule has 118 valence electrons. The van der Waals surface area contributed by atoms with E-state index in [0.29, 0.717) is 0 Å². The molecule has 0 bridgehead atoms. The second kappa shape index (κ2) is 7.56. The summed E-state index contributed by atoms with van der Waals surface area (Å²) in [6, 6.07) is 29.9. The van der Waals surface area contributed by atoms with Crippen molar-refractivity contribution in [3.63, 3.8) is 0 Å². The minimum absolute atomic E-state index is 0. The first-order chi connectivity index (χ1) is 11.7. The largest absolute Gasteiger partial charge is 2.00 e. The van der Waals surface area contributed by atoms with Gasteiger partial charge in [-0.3, -0.25) is 0 Å². The van der Waals surface area contributed by atoms with Crippen LogP contribution in [-0.2, 0) is 7.05 Å². The number of aromatic nitrogens is 1. The average Bonchev–Trinajstić information content (AvgIpc) is 2.64. The summed E-state index contributed by atoms with van der Waals surface area (Å²) in [4.78, 5) is 0. The zero-order chi connectivity index (χ0) is 16.5. The normalized spacial score (nSPS) is 10.5. The van der Waals surface area contributed by atoms with E-state index in [1.54, 1.807) is 0 Å². The van der Waals surface area contributed by atoms with Gasteiger partial charge in [0.1, 0.15) is 18.9 Å². The Morgan fingerprint density at radius 1 is 0.840 bits per heavy atom. The van der Waals surface area contributed by atoms with Gasteiger partial charge >= 0.3 is 31.1 Å². The second-order valence-corrected chi connectivity index (χ2v) is 6.05. The number of hydrogen-bond acceptors (Lipinski definition) is 0. The van der Waals surface area contributed by atoms with Gasteiger partial charge in [-0.05, 0) is 23.3 Å². The molecular weight excluding hydrogens is 528 g/mol. The standard InChI is InChI=1S/C23H18N.U/c1-17-21-11-7-6-10-19(21)12-13-22(17)23-16-20(14-15-24(23)2)18-8-4-3-5-9-18;/h3-8,10-15H,1-2H3;/q-1;+2. The molecule has 0 radical (unpaired) electrons. The van der Waals surface area contributed by atoms with Crippen molar-refractivity contribution < 1.29 is 35.7 Å². The van der Waals surface area contributed by atoms with Gasteiger partial charge in [0.05, 0.1) is 0 Å². The minimum atomic E-state index is 0. The Morgan fingerprint density at radius 2 is 1.64 bits per heavy atom. The van der Waals surface area contributed by atoms with Crippen LogP contribution in [0.25, 0.3) is 33.2 Å². The smallest absolute Gasteiger partial charge is 0.227 e. The molecule has 1 aromatic heterocycles. The summed E-state index contributed by atoms with van der Waals surface area (Å²) in [5, 5.41) is 2.56. The number of fused-ring (bicyclic) bond motifs is 1. The summed E-state index contributed by atoms with van der Waals surface area (Å²) >= 11 is 0. The molecule has 0 aliphatic heterocycles. The number of hydrogen-bond donors (Lipinski definition) is 0. The molecule has 0 saturated carbocycles. The molecule has 4 aromatic rings. The molecule has 0 N–H and O–H groups in total. The first-order valence-corrected chi connectivity index (χ1v) is 8.12. The Kier molecular flexibility index (Phi) is 5.42. The maximum absolute atomic E-state index is 3.58. The third kappa shape index (κ3) is 3.43. The summed E-state index contributed by atoms with van der Waals surface area (Å²) in [7, 11) is 2.07. The summed E-state index contributed by atoms with van der Waals surface area (Å²) in [6.45, 7) is 2.19. The summed E-state index contributed by atoms with van der Waals surface area (Å²) in [6.07, 6.45) is 2.09. The first-order valence-electron chi connectivity index (χ1n) is 8.12. The van der Waals surface area contributed by atoms with Gasteiger partial charge in [-0.1, -0.05) is 42.0 Å². The Balaban J connectivity index is 0.00000182. The predicted octanol–water partition coefficient (Wildman–Crippen LogP) is 4.91. The molecule has 0 saturated heterocycles. The molecule has 0 aliphatic rings. The van der Waals surface area contributed by atoms with Gasteiger partial charge in [0.15, 0.2) is 0 Å². The molecule has 4 rings (SSSR count). The molecule has 1 heterocycles. The maximum atomic E-state index is 3.58. The molecule has 0 aliphatic carbocycles. The van der Waals surface area contributed by atoms with Crippen LogP contribution in [0.15, 0.2) is 72.9 Å². The van der Waals surface area contributed by atoms with Crippen molar-refractivity contribution in [2.24, 2.45) is 7.05 Å². The van der Waals surface area contributed by atoms with Crippen molar-refractivity contribution in [1.29, 1.82) is 0 Å². The minimum Gasteiger partial charge on any atom is -0.227 e. The van der Waals surface area contributed by atoms with E-state index in [4.69, 9.17) is 0 Å². The van der Waals surface area contributed by atoms with Crippen molar-refractivity contribution >= 4 is 10.8 Å². The van der Waals surface area contributed by atoms with E-state index in [9.17, 15) is 0 Å². The van der Waals surface area contributed by atoms with Crippen molar-refractivity contribution in [1.82, 2.24) is 0 Å². The number of pyridine rings is 1. The molecule has 3 aromatic carbocycles. The third-order valence-corrected chi connectivity index (χ3v) is 4.52. The Morgan fingerprint density at radius 3 is 2.44 bits per heavy atom. The number of rotatable bonds is 2. The van der Waals surface area contributed by atoms with Crippen molar-refractivity contribution in [3.05, 3.63) is 90.6 Å². The fraction of sp³-hybridized carbons (Fsp3) is 0.0870. The van der Waals surface area contributed by atoms with Crippen LogP contribution < -0.4 is 4.57 Å². The van der Waals surface area contributed by atoms with Crippen LogP contribution in [0.1, 0.15) is 5.56 Å². The molecule has 2 heteroatoms. The van der Waals surface area contributed by atoms with Gasteiger partial charge in [0, 0.05) is 0 Å². The third-order valence-electron chi connectivity index (χ3n) is 4.52. The van der Waals surface area contributed by atoms with E-state index in [0.717, 1.165) is 16.8 Å². The van der Waals surface area contributed by atoms with Gasteiger partial charge in [-0.25, -0.2) is 15.7 Å². The zero-order valence-electron chi connectivity index (χ0n) is 14.4. The monoisotopic (exact) mass is 546 g/mol. The van der Waals surface area contributed by atoms with Crippen molar-refractivity contribution in [3.8, 4) is 22.4 Å². The van der Waals surface area contributed by atoms with Gasteiger partial charge in [-0.15, -0.1) is 18.2 Å². The fourth-order valence-corrected chi connectivity index (χ4v) is 3.18. The van der Waals surface area contributed by atoms with E-state index < -0.39 is 0 Å². The molecule has 1 nitrogen and oxygen atoms in total. The summed E-state index contributed by atoms with van der Waals surface area (Å²) in [5.74, 6) is 0. The summed E-state index contributed by atoms with van der Waals surface area (Å²) in [5.41, 5.74) is 5.73. The van der Waals surface area contributed by atoms with Crippen LogP contribution >= 0.6 is 0 Å². The molecule has 0 amide bonds. The first kappa shape index (κ1) is 17.9. The SMILES string of the molecule is Cc1c(-c2[c-]c(-c3[c-]cccc3)cc[n+]2C)ccc2ccccc12.[U+2]. The number of aryl methyl sites for hydroxylation is 2. The van der Waals surface area contributed by atoms with Crippen LogP contribution in [0.4, 0.5) is 0 Å². The van der Waals surface area contributed by atoms with E-state index in [1.165, 1.54) is 21.9 Å². The van der Waals surface area contributed by atoms with E-state index in [-0.39, 0.29) is 31.1 Å².